The van der Waals surface area contributed by atoms with E-state index in [-0.39, 0.29) is 24.4 Å². The Morgan fingerprint density at radius 1 is 1.43 bits per heavy atom. The Morgan fingerprint density at radius 3 is 2.95 bits per heavy atom. The molecule has 21 heavy (non-hydrogen) atoms. The summed E-state index contributed by atoms with van der Waals surface area (Å²) < 4.78 is 27.3. The number of carbonyl (C=O) groups is 1. The SMILES string of the molecule is O=C(c1cn[nH]c1)N1C[C@@H](O)C[C@H]1c1cc(F)ccc1F. The molecule has 7 heteroatoms. The summed E-state index contributed by atoms with van der Waals surface area (Å²) in [5, 5.41) is 16.0. The van der Waals surface area contributed by atoms with E-state index in [9.17, 15) is 18.7 Å². The van der Waals surface area contributed by atoms with Gasteiger partial charge in [0.2, 0.25) is 0 Å². The van der Waals surface area contributed by atoms with Crippen molar-refractivity contribution >= 4 is 5.91 Å². The number of aliphatic hydroxyl groups excluding tert-OH is 1. The number of benzene rings is 1. The van der Waals surface area contributed by atoms with Gasteiger partial charge in [0.15, 0.2) is 0 Å². The van der Waals surface area contributed by atoms with Crippen LogP contribution in [0.15, 0.2) is 30.6 Å². The van der Waals surface area contributed by atoms with Gasteiger partial charge >= 0.3 is 0 Å². The van der Waals surface area contributed by atoms with Crippen LogP contribution in [0.2, 0.25) is 0 Å². The fourth-order valence-corrected chi connectivity index (χ4v) is 2.64. The number of nitrogens with one attached hydrogen (secondary N) is 1. The van der Waals surface area contributed by atoms with Crippen LogP contribution in [0.4, 0.5) is 8.78 Å². The first-order valence-electron chi connectivity index (χ1n) is 6.49. The van der Waals surface area contributed by atoms with Crippen LogP contribution in [0, 0.1) is 11.6 Å². The molecule has 2 atom stereocenters. The van der Waals surface area contributed by atoms with Gasteiger partial charge in [-0.1, -0.05) is 0 Å². The van der Waals surface area contributed by atoms with Crippen molar-refractivity contribution in [2.24, 2.45) is 0 Å². The molecule has 110 valence electrons. The van der Waals surface area contributed by atoms with Crippen molar-refractivity contribution in [3.63, 3.8) is 0 Å². The number of hydrogen-bond acceptors (Lipinski definition) is 3. The van der Waals surface area contributed by atoms with Crippen molar-refractivity contribution in [3.8, 4) is 0 Å². The second-order valence-corrected chi connectivity index (χ2v) is 5.02. The molecular formula is C14H13F2N3O2. The Hall–Kier alpha value is -2.28. The van der Waals surface area contributed by atoms with Crippen molar-refractivity contribution in [2.75, 3.05) is 6.54 Å². The number of H-pyrrole nitrogens is 1. The molecule has 0 aliphatic carbocycles. The van der Waals surface area contributed by atoms with Crippen LogP contribution in [0.5, 0.6) is 0 Å². The van der Waals surface area contributed by atoms with Crippen LogP contribution in [0.3, 0.4) is 0 Å². The molecule has 2 aromatic rings. The van der Waals surface area contributed by atoms with Gasteiger partial charge in [-0.25, -0.2) is 8.78 Å². The number of halogens is 2. The molecule has 5 nitrogen and oxygen atoms in total. The molecule has 0 unspecified atom stereocenters. The molecule has 3 rings (SSSR count). The predicted molar refractivity (Wildman–Crippen MR) is 69.3 cm³/mol. The zero-order chi connectivity index (χ0) is 15.0. The maximum Gasteiger partial charge on any atom is 0.257 e. The first kappa shape index (κ1) is 13.7. The van der Waals surface area contributed by atoms with Crippen molar-refractivity contribution in [1.29, 1.82) is 0 Å². The van der Waals surface area contributed by atoms with E-state index in [0.29, 0.717) is 5.56 Å². The molecule has 1 aromatic heterocycles. The zero-order valence-electron chi connectivity index (χ0n) is 11.0. The summed E-state index contributed by atoms with van der Waals surface area (Å²) in [5.41, 5.74) is 0.384. The third kappa shape index (κ3) is 2.52. The lowest BCUT2D eigenvalue weighted by atomic mass is 10.0. The van der Waals surface area contributed by atoms with Gasteiger partial charge in [-0.05, 0) is 24.6 Å². The van der Waals surface area contributed by atoms with E-state index in [0.717, 1.165) is 18.2 Å². The van der Waals surface area contributed by atoms with Gasteiger partial charge in [-0.15, -0.1) is 0 Å². The molecule has 2 N–H and O–H groups in total. The number of amides is 1. The Morgan fingerprint density at radius 2 is 2.24 bits per heavy atom. The van der Waals surface area contributed by atoms with E-state index in [1.54, 1.807) is 0 Å². The maximum atomic E-state index is 13.9. The second kappa shape index (κ2) is 5.25. The van der Waals surface area contributed by atoms with Crippen molar-refractivity contribution in [3.05, 3.63) is 53.4 Å². The van der Waals surface area contributed by atoms with E-state index in [1.165, 1.54) is 17.3 Å². The van der Waals surface area contributed by atoms with Crippen LogP contribution in [-0.4, -0.2) is 38.8 Å². The average Bonchev–Trinajstić information content (AvgIpc) is 3.10. The molecule has 1 saturated heterocycles. The van der Waals surface area contributed by atoms with Crippen LogP contribution in [0.25, 0.3) is 0 Å². The minimum atomic E-state index is -0.770. The fourth-order valence-electron chi connectivity index (χ4n) is 2.64. The minimum Gasteiger partial charge on any atom is -0.391 e. The standard InChI is InChI=1S/C14H13F2N3O2/c15-9-1-2-12(16)11(3-9)13-4-10(20)7-19(13)14(21)8-5-17-18-6-8/h1-3,5-6,10,13,20H,4,7H2,(H,17,18)/t10-,13-/m0/s1. The first-order chi connectivity index (χ1) is 10.1. The second-order valence-electron chi connectivity index (χ2n) is 5.02. The molecule has 1 aromatic carbocycles. The number of nitrogens with zero attached hydrogens (tertiary/aromatic N) is 2. The molecule has 1 amide bonds. The van der Waals surface area contributed by atoms with Crippen LogP contribution >= 0.6 is 0 Å². The molecular weight excluding hydrogens is 280 g/mol. The third-order valence-corrected chi connectivity index (χ3v) is 3.60. The van der Waals surface area contributed by atoms with Gasteiger partial charge in [-0.3, -0.25) is 9.89 Å². The number of hydrogen-bond donors (Lipinski definition) is 2. The average molecular weight is 293 g/mol. The van der Waals surface area contributed by atoms with Crippen LogP contribution in [0.1, 0.15) is 28.4 Å². The smallest absolute Gasteiger partial charge is 0.257 e. The lowest BCUT2D eigenvalue weighted by Gasteiger charge is -2.24. The maximum absolute atomic E-state index is 13.9. The molecule has 2 heterocycles. The van der Waals surface area contributed by atoms with Gasteiger partial charge in [0.1, 0.15) is 11.6 Å². The Bertz CT molecular complexity index is 660. The summed E-state index contributed by atoms with van der Waals surface area (Å²) in [4.78, 5) is 13.7. The van der Waals surface area contributed by atoms with E-state index in [4.69, 9.17) is 0 Å². The molecule has 0 radical (unpaired) electrons. The molecule has 0 bridgehead atoms. The molecule has 0 spiro atoms. The highest BCUT2D eigenvalue weighted by Crippen LogP contribution is 2.34. The number of β-amino-alcohol motifs (C(OH)–C–C–N with tert-alkyl or cyclic N) is 1. The van der Waals surface area contributed by atoms with Crippen molar-refractivity contribution < 1.29 is 18.7 Å². The summed E-state index contributed by atoms with van der Waals surface area (Å²) in [6.45, 7) is 0.0740. The van der Waals surface area contributed by atoms with E-state index in [2.05, 4.69) is 10.2 Å². The van der Waals surface area contributed by atoms with Gasteiger partial charge < -0.3 is 10.0 Å². The molecule has 1 fully saturated rings. The number of rotatable bonds is 2. The van der Waals surface area contributed by atoms with Gasteiger partial charge in [0.25, 0.3) is 5.91 Å². The van der Waals surface area contributed by atoms with Crippen LogP contribution in [-0.2, 0) is 0 Å². The summed E-state index contributed by atoms with van der Waals surface area (Å²) in [7, 11) is 0. The Kier molecular flexibility index (Phi) is 3.42. The van der Waals surface area contributed by atoms with Gasteiger partial charge in [0, 0.05) is 18.3 Å². The lowest BCUT2D eigenvalue weighted by molar-refractivity contribution is 0.0714. The minimum absolute atomic E-state index is 0.0726. The van der Waals surface area contributed by atoms with E-state index >= 15 is 0 Å². The number of aromatic amines is 1. The summed E-state index contributed by atoms with van der Waals surface area (Å²) in [6.07, 6.45) is 2.18. The molecule has 0 saturated carbocycles. The van der Waals surface area contributed by atoms with E-state index < -0.39 is 23.8 Å². The largest absolute Gasteiger partial charge is 0.391 e. The van der Waals surface area contributed by atoms with Crippen molar-refractivity contribution in [2.45, 2.75) is 18.6 Å². The van der Waals surface area contributed by atoms with Crippen molar-refractivity contribution in [1.82, 2.24) is 15.1 Å². The van der Waals surface area contributed by atoms with Gasteiger partial charge in [0.05, 0.1) is 23.9 Å². The highest BCUT2D eigenvalue weighted by molar-refractivity contribution is 5.94. The number of aromatic nitrogens is 2. The van der Waals surface area contributed by atoms with Gasteiger partial charge in [-0.2, -0.15) is 5.10 Å². The number of likely N-dealkylation sites (tertiary alicyclic amines) is 1. The third-order valence-electron chi connectivity index (χ3n) is 3.60. The van der Waals surface area contributed by atoms with Crippen LogP contribution < -0.4 is 0 Å². The first-order valence-corrected chi connectivity index (χ1v) is 6.49. The lowest BCUT2D eigenvalue weighted by Crippen LogP contribution is -2.32. The monoisotopic (exact) mass is 293 g/mol. The predicted octanol–water partition coefficient (Wildman–Crippen LogP) is 1.64. The Labute approximate surface area is 119 Å². The molecule has 1 aliphatic rings. The Balaban J connectivity index is 1.96. The highest BCUT2D eigenvalue weighted by atomic mass is 19.1. The number of carbonyl (C=O) groups excluding carboxylic acids is 1. The molecule has 1 aliphatic heterocycles. The summed E-state index contributed by atoms with van der Waals surface area (Å²) >= 11 is 0. The van der Waals surface area contributed by atoms with E-state index in [1.807, 2.05) is 0 Å². The highest BCUT2D eigenvalue weighted by Gasteiger charge is 2.37. The topological polar surface area (TPSA) is 69.2 Å². The summed E-state index contributed by atoms with van der Waals surface area (Å²) in [5.74, 6) is -1.56. The number of aliphatic hydroxyl groups is 1. The summed E-state index contributed by atoms with van der Waals surface area (Å²) in [6, 6.07) is 2.41. The quantitative estimate of drug-likeness (QED) is 0.884. The fraction of sp³-hybridized carbons (Fsp3) is 0.286. The zero-order valence-corrected chi connectivity index (χ0v) is 11.0. The normalized spacial score (nSPS) is 21.8.